The van der Waals surface area contributed by atoms with Crippen molar-refractivity contribution in [2.75, 3.05) is 51.8 Å². The summed E-state index contributed by atoms with van der Waals surface area (Å²) in [5.74, 6) is 0.594. The summed E-state index contributed by atoms with van der Waals surface area (Å²) in [4.78, 5) is 34.9. The quantitative estimate of drug-likeness (QED) is 0.747. The van der Waals surface area contributed by atoms with Gasteiger partial charge in [0.2, 0.25) is 0 Å². The van der Waals surface area contributed by atoms with Crippen LogP contribution in [-0.4, -0.2) is 84.9 Å². The van der Waals surface area contributed by atoms with Gasteiger partial charge in [0.15, 0.2) is 5.60 Å². The van der Waals surface area contributed by atoms with Crippen LogP contribution in [0.15, 0.2) is 18.3 Å². The molecule has 0 radical (unpaired) electrons. The number of methoxy groups -OCH3 is 1. The van der Waals surface area contributed by atoms with E-state index in [1.54, 1.807) is 42.3 Å². The van der Waals surface area contributed by atoms with Gasteiger partial charge in [0.1, 0.15) is 17.5 Å². The Balaban J connectivity index is 1.45. The average Bonchev–Trinajstić information content (AvgIpc) is 3.28. The van der Waals surface area contributed by atoms with Crippen molar-refractivity contribution in [2.45, 2.75) is 30.5 Å². The summed E-state index contributed by atoms with van der Waals surface area (Å²) in [7, 11) is 3.28. The maximum Gasteiger partial charge on any atom is 0.410 e. The minimum atomic E-state index is -0.905. The van der Waals surface area contributed by atoms with Crippen LogP contribution in [0.5, 0.6) is 0 Å². The Labute approximate surface area is 169 Å². The second-order valence-electron chi connectivity index (χ2n) is 8.06. The third kappa shape index (κ3) is 3.27. The van der Waals surface area contributed by atoms with Gasteiger partial charge in [0.25, 0.3) is 5.91 Å². The summed E-state index contributed by atoms with van der Waals surface area (Å²) in [6.45, 7) is 2.59. The van der Waals surface area contributed by atoms with Crippen LogP contribution in [0.1, 0.15) is 24.8 Å². The molecular formula is C20H25N5O4. The molecule has 3 saturated heterocycles. The predicted molar refractivity (Wildman–Crippen MR) is 103 cm³/mol. The van der Waals surface area contributed by atoms with Gasteiger partial charge in [-0.25, -0.2) is 9.78 Å². The monoisotopic (exact) mass is 399 g/mol. The molecule has 0 saturated carbocycles. The highest BCUT2D eigenvalue weighted by Gasteiger charge is 2.53. The molecular weight excluding hydrogens is 374 g/mol. The van der Waals surface area contributed by atoms with Crippen molar-refractivity contribution >= 4 is 17.8 Å². The number of anilines is 1. The first-order chi connectivity index (χ1) is 13.9. The molecule has 0 aromatic carbocycles. The van der Waals surface area contributed by atoms with Gasteiger partial charge in [0.05, 0.1) is 18.7 Å². The number of piperidine rings is 1. The summed E-state index contributed by atoms with van der Waals surface area (Å²) in [5, 5.41) is 9.33. The highest BCUT2D eigenvalue weighted by molar-refractivity contribution is 5.86. The molecule has 1 aromatic heterocycles. The fourth-order valence-electron chi connectivity index (χ4n) is 4.63. The number of ether oxygens (including phenoxy) is 2. The van der Waals surface area contributed by atoms with E-state index in [4.69, 9.17) is 9.47 Å². The van der Waals surface area contributed by atoms with Crippen LogP contribution in [0.25, 0.3) is 0 Å². The standard InChI is InChI=1S/C20H25N5O4/c1-23-13-19(29-18(23)27)5-9-25(14-19)17(26)20(28-2)6-10-24(11-7-20)16-15(12-21)4-3-8-22-16/h3-4,8H,5-7,9-11,13-14H2,1-2H3. The molecule has 154 valence electrons. The molecule has 3 aliphatic rings. The number of aromatic nitrogens is 1. The SMILES string of the molecule is COC1(C(=O)N2CCC3(CN(C)C(=O)O3)C2)CCN(c2ncccc2C#N)CC1. The largest absolute Gasteiger partial charge is 0.439 e. The third-order valence-electron chi connectivity index (χ3n) is 6.30. The fourth-order valence-corrected chi connectivity index (χ4v) is 4.63. The van der Waals surface area contributed by atoms with E-state index in [1.807, 2.05) is 4.90 Å². The molecule has 3 aliphatic heterocycles. The van der Waals surface area contributed by atoms with Crippen molar-refractivity contribution in [1.29, 1.82) is 5.26 Å². The Bertz CT molecular complexity index is 861. The first kappa shape index (κ1) is 19.5. The number of hydrogen-bond acceptors (Lipinski definition) is 7. The highest BCUT2D eigenvalue weighted by Crippen LogP contribution is 2.36. The minimum absolute atomic E-state index is 0.0522. The number of rotatable bonds is 3. The van der Waals surface area contributed by atoms with Crippen molar-refractivity contribution in [3.05, 3.63) is 23.9 Å². The molecule has 0 bridgehead atoms. The molecule has 1 unspecified atom stereocenters. The molecule has 0 aliphatic carbocycles. The number of carbonyl (C=O) groups is 2. The first-order valence-corrected chi connectivity index (χ1v) is 9.81. The summed E-state index contributed by atoms with van der Waals surface area (Å²) < 4.78 is 11.3. The summed E-state index contributed by atoms with van der Waals surface area (Å²) >= 11 is 0. The maximum atomic E-state index is 13.4. The van der Waals surface area contributed by atoms with Gasteiger partial charge in [-0.1, -0.05) is 0 Å². The van der Waals surface area contributed by atoms with Crippen LogP contribution in [0.2, 0.25) is 0 Å². The molecule has 4 heterocycles. The molecule has 1 aromatic rings. The topological polar surface area (TPSA) is 99.0 Å². The lowest BCUT2D eigenvalue weighted by Crippen LogP contribution is -2.56. The third-order valence-corrected chi connectivity index (χ3v) is 6.30. The smallest absolute Gasteiger partial charge is 0.410 e. The Hall–Kier alpha value is -2.86. The number of likely N-dealkylation sites (N-methyl/N-ethyl adjacent to an activating group) is 1. The number of hydrogen-bond donors (Lipinski definition) is 0. The van der Waals surface area contributed by atoms with Crippen LogP contribution in [-0.2, 0) is 14.3 Å². The van der Waals surface area contributed by atoms with Gasteiger partial charge in [-0.15, -0.1) is 0 Å². The van der Waals surface area contributed by atoms with E-state index in [1.165, 1.54) is 0 Å². The number of nitrogens with zero attached hydrogens (tertiary/aromatic N) is 5. The molecule has 4 rings (SSSR count). The second-order valence-corrected chi connectivity index (χ2v) is 8.06. The van der Waals surface area contributed by atoms with Crippen LogP contribution >= 0.6 is 0 Å². The van der Waals surface area contributed by atoms with Crippen LogP contribution in [0, 0.1) is 11.3 Å². The molecule has 0 N–H and O–H groups in total. The Morgan fingerprint density at radius 1 is 1.28 bits per heavy atom. The van der Waals surface area contributed by atoms with E-state index >= 15 is 0 Å². The molecule has 9 heteroatoms. The fraction of sp³-hybridized carbons (Fsp3) is 0.600. The average molecular weight is 399 g/mol. The summed E-state index contributed by atoms with van der Waals surface area (Å²) in [5.41, 5.74) is -0.984. The molecule has 1 atom stereocenters. The normalized spacial score (nSPS) is 26.0. The van der Waals surface area contributed by atoms with Crippen LogP contribution in [0.4, 0.5) is 10.6 Å². The zero-order valence-electron chi connectivity index (χ0n) is 16.8. The van der Waals surface area contributed by atoms with E-state index in [0.29, 0.717) is 63.4 Å². The van der Waals surface area contributed by atoms with Crippen LogP contribution < -0.4 is 4.90 Å². The van der Waals surface area contributed by atoms with Gasteiger partial charge in [-0.2, -0.15) is 5.26 Å². The van der Waals surface area contributed by atoms with Gasteiger partial charge in [0, 0.05) is 59.3 Å². The number of pyridine rings is 1. The number of carbonyl (C=O) groups excluding carboxylic acids is 2. The minimum Gasteiger partial charge on any atom is -0.439 e. The van der Waals surface area contributed by atoms with Gasteiger partial charge in [-0.3, -0.25) is 4.79 Å². The van der Waals surface area contributed by atoms with Crippen molar-refractivity contribution in [2.24, 2.45) is 0 Å². The molecule has 3 fully saturated rings. The Morgan fingerprint density at radius 2 is 2.03 bits per heavy atom. The van der Waals surface area contributed by atoms with Gasteiger partial charge in [-0.05, 0) is 12.1 Å². The zero-order chi connectivity index (χ0) is 20.6. The van der Waals surface area contributed by atoms with Crippen molar-refractivity contribution in [1.82, 2.24) is 14.8 Å². The first-order valence-electron chi connectivity index (χ1n) is 9.81. The molecule has 29 heavy (non-hydrogen) atoms. The molecule has 2 amide bonds. The van der Waals surface area contributed by atoms with E-state index < -0.39 is 11.2 Å². The second kappa shape index (κ2) is 7.19. The van der Waals surface area contributed by atoms with Crippen LogP contribution in [0.3, 0.4) is 0 Å². The number of likely N-dealkylation sites (tertiary alicyclic amines) is 1. The van der Waals surface area contributed by atoms with E-state index in [2.05, 4.69) is 11.1 Å². The predicted octanol–water partition coefficient (Wildman–Crippen LogP) is 0.992. The zero-order valence-corrected chi connectivity index (χ0v) is 16.8. The van der Waals surface area contributed by atoms with Crippen molar-refractivity contribution in [3.63, 3.8) is 0 Å². The van der Waals surface area contributed by atoms with Gasteiger partial charge >= 0.3 is 6.09 Å². The van der Waals surface area contributed by atoms with Crippen molar-refractivity contribution in [3.8, 4) is 6.07 Å². The highest BCUT2D eigenvalue weighted by atomic mass is 16.6. The van der Waals surface area contributed by atoms with E-state index in [0.717, 1.165) is 0 Å². The maximum absolute atomic E-state index is 13.4. The van der Waals surface area contributed by atoms with Gasteiger partial charge < -0.3 is 24.2 Å². The van der Waals surface area contributed by atoms with E-state index in [9.17, 15) is 14.9 Å². The summed E-state index contributed by atoms with van der Waals surface area (Å²) in [6.07, 6.45) is 2.99. The number of amides is 2. The van der Waals surface area contributed by atoms with Crippen molar-refractivity contribution < 1.29 is 19.1 Å². The van der Waals surface area contributed by atoms with E-state index in [-0.39, 0.29) is 12.0 Å². The molecule has 1 spiro atoms. The lowest BCUT2D eigenvalue weighted by atomic mass is 9.89. The lowest BCUT2D eigenvalue weighted by molar-refractivity contribution is -0.157. The summed E-state index contributed by atoms with van der Waals surface area (Å²) in [6, 6.07) is 5.66. The molecule has 9 nitrogen and oxygen atoms in total. The Kier molecular flexibility index (Phi) is 4.82. The lowest BCUT2D eigenvalue weighted by Gasteiger charge is -2.42. The number of nitriles is 1. The Morgan fingerprint density at radius 3 is 2.66 bits per heavy atom.